The normalized spacial score (nSPS) is 20.8. The number of hydrogen-bond donors (Lipinski definition) is 0. The van der Waals surface area contributed by atoms with Crippen LogP contribution in [0.5, 0.6) is 0 Å². The van der Waals surface area contributed by atoms with Gasteiger partial charge in [0.15, 0.2) is 0 Å². The van der Waals surface area contributed by atoms with E-state index in [-0.39, 0.29) is 0 Å². The Morgan fingerprint density at radius 2 is 1.90 bits per heavy atom. The van der Waals surface area contributed by atoms with E-state index in [0.717, 1.165) is 18.8 Å². The minimum absolute atomic E-state index is 0.798. The Bertz CT molecular complexity index is 404. The van der Waals surface area contributed by atoms with Gasteiger partial charge < -0.3 is 0 Å². The van der Waals surface area contributed by atoms with Gasteiger partial charge in [-0.3, -0.25) is 0 Å². The van der Waals surface area contributed by atoms with Gasteiger partial charge in [0.05, 0.1) is 0 Å². The van der Waals surface area contributed by atoms with Crippen molar-refractivity contribution in [2.45, 2.75) is 72.6 Å². The molecule has 0 aromatic heterocycles. The summed E-state index contributed by atoms with van der Waals surface area (Å²) < 4.78 is 0. The van der Waals surface area contributed by atoms with Gasteiger partial charge in [0.25, 0.3) is 0 Å². The van der Waals surface area contributed by atoms with Crippen molar-refractivity contribution in [2.75, 3.05) is 0 Å². The highest BCUT2D eigenvalue weighted by Gasteiger charge is 2.13. The highest BCUT2D eigenvalue weighted by atomic mass is 14.2. The smallest absolute Gasteiger partial charge is 0.0168 e. The molecule has 0 nitrogen and oxygen atoms in total. The zero-order valence-electron chi connectivity index (χ0n) is 14.0. The van der Waals surface area contributed by atoms with Crippen molar-refractivity contribution >= 4 is 0 Å². The molecule has 0 saturated heterocycles. The first-order valence-corrected chi connectivity index (χ1v) is 8.11. The second kappa shape index (κ2) is 9.00. The summed E-state index contributed by atoms with van der Waals surface area (Å²) in [5.74, 6) is 0.798. The standard InChI is InChI=1S/C20H32/c1-16(2)8-6-9-17(3)10-7-11-19(5)20-14-12-18(4)13-15-20/h9,11-12,20H,1,6-8,10,13-15H2,2-5H3/b17-9+,19-11+. The molecule has 0 N–H and O–H groups in total. The predicted molar refractivity (Wildman–Crippen MR) is 91.9 cm³/mol. The van der Waals surface area contributed by atoms with Crippen LogP contribution in [0.25, 0.3) is 0 Å². The van der Waals surface area contributed by atoms with Crippen LogP contribution in [0, 0.1) is 5.92 Å². The van der Waals surface area contributed by atoms with E-state index >= 15 is 0 Å². The summed E-state index contributed by atoms with van der Waals surface area (Å²) in [6.45, 7) is 12.9. The molecule has 0 fully saturated rings. The molecule has 112 valence electrons. The first-order chi connectivity index (χ1) is 9.49. The van der Waals surface area contributed by atoms with Gasteiger partial charge in [0, 0.05) is 0 Å². The molecule has 0 radical (unpaired) electrons. The van der Waals surface area contributed by atoms with Gasteiger partial charge in [0.1, 0.15) is 0 Å². The molecule has 1 atom stereocenters. The third-order valence-electron chi connectivity index (χ3n) is 4.35. The third kappa shape index (κ3) is 6.93. The Morgan fingerprint density at radius 3 is 2.50 bits per heavy atom. The van der Waals surface area contributed by atoms with Crippen LogP contribution in [0.2, 0.25) is 0 Å². The molecule has 1 unspecified atom stereocenters. The van der Waals surface area contributed by atoms with Crippen molar-refractivity contribution in [3.05, 3.63) is 47.1 Å². The van der Waals surface area contributed by atoms with E-state index in [4.69, 9.17) is 0 Å². The number of rotatable bonds is 7. The van der Waals surface area contributed by atoms with Gasteiger partial charge in [0.2, 0.25) is 0 Å². The molecule has 0 aliphatic heterocycles. The van der Waals surface area contributed by atoms with Gasteiger partial charge in [-0.05, 0) is 78.6 Å². The van der Waals surface area contributed by atoms with Crippen LogP contribution in [0.3, 0.4) is 0 Å². The Morgan fingerprint density at radius 1 is 1.20 bits per heavy atom. The van der Waals surface area contributed by atoms with Crippen molar-refractivity contribution in [1.29, 1.82) is 0 Å². The highest BCUT2D eigenvalue weighted by Crippen LogP contribution is 2.29. The molecule has 0 aromatic carbocycles. The summed E-state index contributed by atoms with van der Waals surface area (Å²) in [6, 6.07) is 0. The van der Waals surface area contributed by atoms with E-state index in [0.29, 0.717) is 0 Å². The largest absolute Gasteiger partial charge is 0.100 e. The third-order valence-corrected chi connectivity index (χ3v) is 4.35. The molecule has 0 heterocycles. The molecule has 0 heteroatoms. The first-order valence-electron chi connectivity index (χ1n) is 8.11. The van der Waals surface area contributed by atoms with Gasteiger partial charge in [-0.2, -0.15) is 0 Å². The fraction of sp³-hybridized carbons (Fsp3) is 0.600. The molecule has 0 amide bonds. The quantitative estimate of drug-likeness (QED) is 0.449. The van der Waals surface area contributed by atoms with Crippen molar-refractivity contribution in [3.8, 4) is 0 Å². The lowest BCUT2D eigenvalue weighted by atomic mass is 9.85. The molecule has 1 aliphatic rings. The molecule has 0 spiro atoms. The fourth-order valence-corrected chi connectivity index (χ4v) is 2.74. The van der Waals surface area contributed by atoms with E-state index < -0.39 is 0 Å². The van der Waals surface area contributed by atoms with Crippen LogP contribution in [0.4, 0.5) is 0 Å². The van der Waals surface area contributed by atoms with Gasteiger partial charge >= 0.3 is 0 Å². The van der Waals surface area contributed by atoms with E-state index in [1.807, 2.05) is 0 Å². The lowest BCUT2D eigenvalue weighted by Crippen LogP contribution is -2.06. The monoisotopic (exact) mass is 272 g/mol. The SMILES string of the molecule is C=C(C)CC/C=C(\C)CC/C=C(\C)C1CC=C(C)CC1. The minimum Gasteiger partial charge on any atom is -0.100 e. The van der Waals surface area contributed by atoms with E-state index in [1.54, 1.807) is 11.1 Å². The molecule has 1 rings (SSSR count). The summed E-state index contributed by atoms with van der Waals surface area (Å²) in [5.41, 5.74) is 5.98. The van der Waals surface area contributed by atoms with E-state index in [9.17, 15) is 0 Å². The minimum atomic E-state index is 0.798. The number of hydrogen-bond acceptors (Lipinski definition) is 0. The van der Waals surface area contributed by atoms with Crippen molar-refractivity contribution < 1.29 is 0 Å². The summed E-state index contributed by atoms with van der Waals surface area (Å²) >= 11 is 0. The zero-order chi connectivity index (χ0) is 15.0. The maximum absolute atomic E-state index is 3.95. The lowest BCUT2D eigenvalue weighted by molar-refractivity contribution is 0.536. The molecular formula is C20H32. The molecular weight excluding hydrogens is 240 g/mol. The van der Waals surface area contributed by atoms with E-state index in [1.165, 1.54) is 43.3 Å². The van der Waals surface area contributed by atoms with Crippen LogP contribution in [-0.4, -0.2) is 0 Å². The number of allylic oxidation sites excluding steroid dienone is 7. The summed E-state index contributed by atoms with van der Waals surface area (Å²) in [5, 5.41) is 0. The van der Waals surface area contributed by atoms with E-state index in [2.05, 4.69) is 52.5 Å². The average Bonchev–Trinajstić information content (AvgIpc) is 2.39. The molecule has 0 aromatic rings. The van der Waals surface area contributed by atoms with Crippen LogP contribution in [0.15, 0.2) is 47.1 Å². The van der Waals surface area contributed by atoms with Crippen molar-refractivity contribution in [2.24, 2.45) is 5.92 Å². The van der Waals surface area contributed by atoms with Gasteiger partial charge in [-0.15, -0.1) is 6.58 Å². The first kappa shape index (κ1) is 17.0. The molecule has 0 saturated carbocycles. The highest BCUT2D eigenvalue weighted by molar-refractivity contribution is 5.13. The zero-order valence-corrected chi connectivity index (χ0v) is 14.0. The Kier molecular flexibility index (Phi) is 7.65. The fourth-order valence-electron chi connectivity index (χ4n) is 2.74. The Labute approximate surface area is 126 Å². The molecule has 20 heavy (non-hydrogen) atoms. The molecule has 1 aliphatic carbocycles. The van der Waals surface area contributed by atoms with Gasteiger partial charge in [-0.1, -0.05) is 40.5 Å². The predicted octanol–water partition coefficient (Wildman–Crippen LogP) is 6.76. The van der Waals surface area contributed by atoms with Crippen LogP contribution < -0.4 is 0 Å². The van der Waals surface area contributed by atoms with Gasteiger partial charge in [-0.25, -0.2) is 0 Å². The summed E-state index contributed by atoms with van der Waals surface area (Å²) in [7, 11) is 0. The van der Waals surface area contributed by atoms with Crippen molar-refractivity contribution in [3.63, 3.8) is 0 Å². The maximum Gasteiger partial charge on any atom is -0.0168 e. The Hall–Kier alpha value is -1.04. The van der Waals surface area contributed by atoms with Crippen LogP contribution >= 0.6 is 0 Å². The van der Waals surface area contributed by atoms with Crippen LogP contribution in [0.1, 0.15) is 72.6 Å². The van der Waals surface area contributed by atoms with Crippen molar-refractivity contribution in [1.82, 2.24) is 0 Å². The van der Waals surface area contributed by atoms with Crippen LogP contribution in [-0.2, 0) is 0 Å². The lowest BCUT2D eigenvalue weighted by Gasteiger charge is -2.21. The molecule has 0 bridgehead atoms. The average molecular weight is 272 g/mol. The summed E-state index contributed by atoms with van der Waals surface area (Å²) in [4.78, 5) is 0. The Balaban J connectivity index is 2.31. The second-order valence-electron chi connectivity index (χ2n) is 6.55. The summed E-state index contributed by atoms with van der Waals surface area (Å²) in [6.07, 6.45) is 15.8. The topological polar surface area (TPSA) is 0 Å². The maximum atomic E-state index is 3.95. The second-order valence-corrected chi connectivity index (χ2v) is 6.55.